The number of benzene rings is 2. The van der Waals surface area contributed by atoms with Crippen LogP contribution in [0.25, 0.3) is 10.2 Å². The second-order valence-electron chi connectivity index (χ2n) is 8.81. The third-order valence-electron chi connectivity index (χ3n) is 6.28. The normalized spacial score (nSPS) is 24.0. The minimum absolute atomic E-state index is 0.0668. The maximum absolute atomic E-state index is 11.6. The number of rotatable bonds is 6. The summed E-state index contributed by atoms with van der Waals surface area (Å²) in [6.45, 7) is 2.97. The van der Waals surface area contributed by atoms with Crippen molar-refractivity contribution in [1.82, 2.24) is 14.6 Å². The minimum Gasteiger partial charge on any atom is -0.431 e. The summed E-state index contributed by atoms with van der Waals surface area (Å²) in [4.78, 5) is 7.11. The zero-order chi connectivity index (χ0) is 21.6. The summed E-state index contributed by atoms with van der Waals surface area (Å²) >= 11 is 1.56. The number of sulfonamides is 1. The number of aryl methyl sites for hydroxylation is 1. The molecule has 2 saturated heterocycles. The lowest BCUT2D eigenvalue weighted by Gasteiger charge is -2.39. The van der Waals surface area contributed by atoms with Crippen LogP contribution in [0.2, 0.25) is 0 Å². The molecule has 2 aliphatic heterocycles. The Kier molecular flexibility index (Phi) is 5.50. The van der Waals surface area contributed by atoms with Crippen molar-refractivity contribution in [3.8, 4) is 10.9 Å². The highest BCUT2D eigenvalue weighted by Gasteiger charge is 2.41. The molecule has 1 aromatic heterocycles. The molecule has 0 radical (unpaired) electrons. The molecule has 31 heavy (non-hydrogen) atoms. The van der Waals surface area contributed by atoms with E-state index in [2.05, 4.69) is 45.8 Å². The summed E-state index contributed by atoms with van der Waals surface area (Å²) in [7, 11) is -3.15. The summed E-state index contributed by atoms with van der Waals surface area (Å²) in [5.41, 5.74) is 3.43. The van der Waals surface area contributed by atoms with Gasteiger partial charge in [-0.05, 0) is 68.0 Å². The van der Waals surface area contributed by atoms with Crippen LogP contribution < -0.4 is 9.46 Å². The first-order chi connectivity index (χ1) is 14.8. The number of ether oxygens (including phenoxy) is 1. The Morgan fingerprint density at radius 3 is 2.52 bits per heavy atom. The molecule has 8 heteroatoms. The van der Waals surface area contributed by atoms with Crippen LogP contribution in [0.5, 0.6) is 10.9 Å². The molecule has 0 spiro atoms. The number of piperidine rings is 1. The van der Waals surface area contributed by atoms with Crippen LogP contribution in [-0.4, -0.2) is 42.7 Å². The van der Waals surface area contributed by atoms with E-state index in [0.29, 0.717) is 17.3 Å². The number of nitrogens with zero attached hydrogens (tertiary/aromatic N) is 2. The molecular formula is C23H27N3O3S2. The van der Waals surface area contributed by atoms with Gasteiger partial charge in [-0.25, -0.2) is 18.1 Å². The van der Waals surface area contributed by atoms with Gasteiger partial charge in [0.2, 0.25) is 10.0 Å². The number of thiazole rings is 1. The van der Waals surface area contributed by atoms with Gasteiger partial charge in [0.25, 0.3) is 5.19 Å². The zero-order valence-corrected chi connectivity index (χ0v) is 19.4. The lowest BCUT2D eigenvalue weighted by molar-refractivity contribution is 0.116. The van der Waals surface area contributed by atoms with Crippen molar-refractivity contribution in [3.63, 3.8) is 0 Å². The summed E-state index contributed by atoms with van der Waals surface area (Å²) in [5, 5.41) is 0.659. The van der Waals surface area contributed by atoms with E-state index in [-0.39, 0.29) is 6.04 Å². The third kappa shape index (κ3) is 4.77. The van der Waals surface area contributed by atoms with Crippen molar-refractivity contribution in [2.75, 3.05) is 6.26 Å². The van der Waals surface area contributed by atoms with Crippen molar-refractivity contribution in [2.24, 2.45) is 0 Å². The first-order valence-electron chi connectivity index (χ1n) is 10.7. The fourth-order valence-corrected chi connectivity index (χ4v) is 6.69. The molecule has 2 aliphatic rings. The fourth-order valence-electron chi connectivity index (χ4n) is 4.96. The number of hydrogen-bond acceptors (Lipinski definition) is 6. The summed E-state index contributed by atoms with van der Waals surface area (Å²) in [5.74, 6) is 0.790. The van der Waals surface area contributed by atoms with Crippen molar-refractivity contribution in [3.05, 3.63) is 53.6 Å². The van der Waals surface area contributed by atoms with Gasteiger partial charge in [0.15, 0.2) is 0 Å². The molecule has 3 aromatic rings. The van der Waals surface area contributed by atoms with Crippen LogP contribution in [0.4, 0.5) is 0 Å². The second kappa shape index (κ2) is 8.16. The Morgan fingerprint density at radius 1 is 1.13 bits per heavy atom. The molecule has 2 bridgehead atoms. The van der Waals surface area contributed by atoms with Gasteiger partial charge in [-0.2, -0.15) is 0 Å². The molecule has 164 valence electrons. The highest BCUT2D eigenvalue weighted by Crippen LogP contribution is 2.37. The monoisotopic (exact) mass is 457 g/mol. The molecular weight excluding hydrogens is 430 g/mol. The Labute approximate surface area is 187 Å². The van der Waals surface area contributed by atoms with E-state index >= 15 is 0 Å². The summed E-state index contributed by atoms with van der Waals surface area (Å²) < 4.78 is 33.1. The number of hydrogen-bond donors (Lipinski definition) is 1. The lowest BCUT2D eigenvalue weighted by Crippen LogP contribution is -2.49. The largest absolute Gasteiger partial charge is 0.431 e. The van der Waals surface area contributed by atoms with Gasteiger partial charge in [0.1, 0.15) is 5.75 Å². The van der Waals surface area contributed by atoms with Crippen LogP contribution in [0.15, 0.2) is 42.5 Å². The molecule has 0 aliphatic carbocycles. The lowest BCUT2D eigenvalue weighted by atomic mass is 9.97. The molecule has 6 nitrogen and oxygen atoms in total. The van der Waals surface area contributed by atoms with E-state index in [4.69, 9.17) is 4.74 Å². The molecule has 3 atom stereocenters. The molecule has 0 amide bonds. The Bertz CT molecular complexity index is 1180. The van der Waals surface area contributed by atoms with E-state index in [1.165, 1.54) is 17.4 Å². The van der Waals surface area contributed by atoms with Gasteiger partial charge in [-0.1, -0.05) is 29.5 Å². The molecule has 5 rings (SSSR count). The molecule has 3 heterocycles. The fraction of sp³-hybridized carbons (Fsp3) is 0.435. The predicted octanol–water partition coefficient (Wildman–Crippen LogP) is 4.44. The maximum atomic E-state index is 11.6. The highest BCUT2D eigenvalue weighted by molar-refractivity contribution is 7.88. The Morgan fingerprint density at radius 2 is 1.84 bits per heavy atom. The maximum Gasteiger partial charge on any atom is 0.279 e. The van der Waals surface area contributed by atoms with Crippen molar-refractivity contribution in [2.45, 2.75) is 57.3 Å². The van der Waals surface area contributed by atoms with Crippen LogP contribution in [0, 0.1) is 6.92 Å². The smallest absolute Gasteiger partial charge is 0.279 e. The van der Waals surface area contributed by atoms with Gasteiger partial charge >= 0.3 is 0 Å². The van der Waals surface area contributed by atoms with Crippen molar-refractivity contribution >= 4 is 31.6 Å². The summed E-state index contributed by atoms with van der Waals surface area (Å²) in [6.07, 6.45) is 5.32. The molecule has 1 unspecified atom stereocenters. The molecule has 0 saturated carbocycles. The average Bonchev–Trinajstić information content (AvgIpc) is 3.18. The van der Waals surface area contributed by atoms with Gasteiger partial charge in [0.05, 0.1) is 16.5 Å². The number of nitrogens with one attached hydrogen (secondary N) is 1. The standard InChI is InChI=1S/C23H27N3O3S2/c1-15-3-10-21-22(11-15)30-23(24-21)29-20-8-4-16(5-9-20)14-26-18-6-7-19(26)13-17(12-18)25-31(2,27)28/h3-5,8-11,17-19,25H,6-7,12-14H2,1-2H3/t17?,18-,19+. The predicted molar refractivity (Wildman–Crippen MR) is 124 cm³/mol. The Hall–Kier alpha value is -2.00. The van der Waals surface area contributed by atoms with Crippen LogP contribution in [-0.2, 0) is 16.6 Å². The van der Waals surface area contributed by atoms with E-state index < -0.39 is 10.0 Å². The average molecular weight is 458 g/mol. The van der Waals surface area contributed by atoms with Gasteiger partial charge in [-0.3, -0.25) is 4.90 Å². The van der Waals surface area contributed by atoms with E-state index in [1.54, 1.807) is 11.3 Å². The van der Waals surface area contributed by atoms with Crippen LogP contribution >= 0.6 is 11.3 Å². The molecule has 2 aromatic carbocycles. The first kappa shape index (κ1) is 20.9. The van der Waals surface area contributed by atoms with Gasteiger partial charge in [0, 0.05) is 24.7 Å². The van der Waals surface area contributed by atoms with Gasteiger partial charge < -0.3 is 4.74 Å². The highest BCUT2D eigenvalue weighted by atomic mass is 32.2. The quantitative estimate of drug-likeness (QED) is 0.592. The Balaban J connectivity index is 1.22. The van der Waals surface area contributed by atoms with E-state index in [0.717, 1.165) is 48.2 Å². The number of fused-ring (bicyclic) bond motifs is 3. The topological polar surface area (TPSA) is 71.5 Å². The van der Waals surface area contributed by atoms with Crippen LogP contribution in [0.3, 0.4) is 0 Å². The summed E-state index contributed by atoms with van der Waals surface area (Å²) in [6, 6.07) is 15.4. The van der Waals surface area contributed by atoms with Crippen molar-refractivity contribution < 1.29 is 13.2 Å². The van der Waals surface area contributed by atoms with Crippen LogP contribution in [0.1, 0.15) is 36.8 Å². The minimum atomic E-state index is -3.15. The number of aromatic nitrogens is 1. The van der Waals surface area contributed by atoms with Gasteiger partial charge in [-0.15, -0.1) is 0 Å². The third-order valence-corrected chi connectivity index (χ3v) is 7.94. The van der Waals surface area contributed by atoms with E-state index in [1.807, 2.05) is 18.2 Å². The van der Waals surface area contributed by atoms with E-state index in [9.17, 15) is 8.42 Å². The molecule has 2 fully saturated rings. The second-order valence-corrected chi connectivity index (χ2v) is 11.6. The molecule has 1 N–H and O–H groups in total. The zero-order valence-electron chi connectivity index (χ0n) is 17.7. The first-order valence-corrected chi connectivity index (χ1v) is 13.4. The van der Waals surface area contributed by atoms with Crippen molar-refractivity contribution in [1.29, 1.82) is 0 Å². The SMILES string of the molecule is Cc1ccc2nc(Oc3ccc(CN4[C@@H]5CC[C@H]4CC(NS(C)(=O)=O)C5)cc3)sc2c1.